The number of amides is 1. The molecular weight excluding hydrogens is 203 g/mol. The van der Waals surface area contributed by atoms with E-state index in [4.69, 9.17) is 5.73 Å². The Kier molecular flexibility index (Phi) is 2.63. The van der Waals surface area contributed by atoms with Crippen LogP contribution in [0, 0.1) is 0 Å². The quantitative estimate of drug-likeness (QED) is 0.763. The highest BCUT2D eigenvalue weighted by atomic mass is 19.4. The van der Waals surface area contributed by atoms with Crippen molar-refractivity contribution in [2.75, 3.05) is 11.9 Å². The summed E-state index contributed by atoms with van der Waals surface area (Å²) in [5, 5.41) is 4.98. The predicted molar refractivity (Wildman–Crippen MR) is 39.2 cm³/mol. The second-order valence-electron chi connectivity index (χ2n) is 2.39. The summed E-state index contributed by atoms with van der Waals surface area (Å²) in [5.74, 6) is -0.967. The molecule has 0 bridgehead atoms. The van der Waals surface area contributed by atoms with Crippen molar-refractivity contribution in [2.45, 2.75) is 6.18 Å². The van der Waals surface area contributed by atoms with E-state index in [1.54, 1.807) is 0 Å². The van der Waals surface area contributed by atoms with Gasteiger partial charge in [0, 0.05) is 6.07 Å². The zero-order chi connectivity index (χ0) is 10.8. The van der Waals surface area contributed by atoms with Crippen LogP contribution in [0.5, 0.6) is 0 Å². The van der Waals surface area contributed by atoms with Crippen LogP contribution in [-0.4, -0.2) is 17.6 Å². The fraction of sp³-hybridized carbons (Fsp3) is 0.333. The van der Waals surface area contributed by atoms with Crippen LogP contribution in [0.3, 0.4) is 0 Å². The molecule has 0 saturated carbocycles. The van der Waals surface area contributed by atoms with Gasteiger partial charge in [0.1, 0.15) is 0 Å². The van der Waals surface area contributed by atoms with Crippen LogP contribution in [-0.2, 0) is 11.0 Å². The van der Waals surface area contributed by atoms with E-state index in [2.05, 4.69) is 15.0 Å². The van der Waals surface area contributed by atoms with E-state index in [0.717, 1.165) is 0 Å². The summed E-state index contributed by atoms with van der Waals surface area (Å²) in [6, 6.07) is 0.642. The Morgan fingerprint density at radius 3 is 2.71 bits per heavy atom. The highest BCUT2D eigenvalue weighted by molar-refractivity contribution is 5.78. The second-order valence-corrected chi connectivity index (χ2v) is 2.39. The number of nitrogens with zero attached hydrogens (tertiary/aromatic N) is 1. The Morgan fingerprint density at radius 1 is 1.64 bits per heavy atom. The Bertz CT molecular complexity index is 333. The maximum atomic E-state index is 12.0. The molecule has 8 heteroatoms. The topological polar surface area (TPSA) is 81.2 Å². The summed E-state index contributed by atoms with van der Waals surface area (Å²) in [5.41, 5.74) is 3.58. The van der Waals surface area contributed by atoms with E-state index in [9.17, 15) is 18.0 Å². The summed E-state index contributed by atoms with van der Waals surface area (Å²) in [7, 11) is 0. The first-order valence-corrected chi connectivity index (χ1v) is 3.45. The predicted octanol–water partition coefficient (Wildman–Crippen LogP) is 0.591. The Balaban J connectivity index is 2.64. The van der Waals surface area contributed by atoms with Gasteiger partial charge in [0.15, 0.2) is 5.69 Å². The highest BCUT2D eigenvalue weighted by Gasteiger charge is 2.35. The molecule has 3 N–H and O–H groups in total. The van der Waals surface area contributed by atoms with Crippen LogP contribution in [0.25, 0.3) is 0 Å². The third-order valence-electron chi connectivity index (χ3n) is 1.24. The molecule has 1 amide bonds. The van der Waals surface area contributed by atoms with Crippen molar-refractivity contribution in [3.8, 4) is 0 Å². The molecule has 0 fully saturated rings. The highest BCUT2D eigenvalue weighted by Crippen LogP contribution is 2.29. The Labute approximate surface area is 76.0 Å². The molecule has 0 spiro atoms. The van der Waals surface area contributed by atoms with Crippen LogP contribution in [0.15, 0.2) is 10.6 Å². The number of anilines is 1. The zero-order valence-electron chi connectivity index (χ0n) is 6.76. The number of nitrogens with one attached hydrogen (secondary N) is 1. The van der Waals surface area contributed by atoms with Gasteiger partial charge in [-0.1, -0.05) is 5.16 Å². The summed E-state index contributed by atoms with van der Waals surface area (Å²) < 4.78 is 40.1. The van der Waals surface area contributed by atoms with Crippen molar-refractivity contribution in [3.05, 3.63) is 11.8 Å². The molecule has 1 aromatic heterocycles. The molecule has 5 nitrogen and oxygen atoms in total. The first-order valence-electron chi connectivity index (χ1n) is 3.45. The third kappa shape index (κ3) is 2.64. The van der Waals surface area contributed by atoms with Gasteiger partial charge in [-0.2, -0.15) is 13.2 Å². The molecule has 0 radical (unpaired) electrons. The number of primary amides is 1. The van der Waals surface area contributed by atoms with Gasteiger partial charge in [-0.3, -0.25) is 4.79 Å². The van der Waals surface area contributed by atoms with Crippen molar-refractivity contribution >= 4 is 11.8 Å². The van der Waals surface area contributed by atoms with Crippen LogP contribution >= 0.6 is 0 Å². The van der Waals surface area contributed by atoms with Gasteiger partial charge in [0.05, 0.1) is 6.54 Å². The minimum atomic E-state index is -4.56. The number of halogens is 3. The number of hydrogen-bond donors (Lipinski definition) is 2. The lowest BCUT2D eigenvalue weighted by molar-refractivity contribution is -0.142. The van der Waals surface area contributed by atoms with Gasteiger partial charge in [0.25, 0.3) is 0 Å². The number of carbonyl (C=O) groups is 1. The molecular formula is C6H6F3N3O2. The van der Waals surface area contributed by atoms with Crippen molar-refractivity contribution in [1.82, 2.24) is 5.16 Å². The van der Waals surface area contributed by atoms with Crippen molar-refractivity contribution < 1.29 is 22.5 Å². The van der Waals surface area contributed by atoms with Gasteiger partial charge in [-0.25, -0.2) is 0 Å². The fourth-order valence-electron chi connectivity index (χ4n) is 0.666. The summed E-state index contributed by atoms with van der Waals surface area (Å²) in [6.07, 6.45) is -4.56. The number of carbonyl (C=O) groups excluding carboxylic acids is 1. The smallest absolute Gasteiger partial charge is 0.368 e. The molecule has 1 aromatic rings. The number of aromatic nitrogens is 1. The number of alkyl halides is 3. The molecule has 1 heterocycles. The SMILES string of the molecule is NC(=O)CNc1cc(C(F)(F)F)no1. The summed E-state index contributed by atoms with van der Waals surface area (Å²) in [6.45, 7) is -0.313. The van der Waals surface area contributed by atoms with Crippen molar-refractivity contribution in [1.29, 1.82) is 0 Å². The second kappa shape index (κ2) is 3.56. The van der Waals surface area contributed by atoms with Gasteiger partial charge >= 0.3 is 6.18 Å². The van der Waals surface area contributed by atoms with Crippen LogP contribution in [0.4, 0.5) is 19.1 Å². The maximum absolute atomic E-state index is 12.0. The fourth-order valence-corrected chi connectivity index (χ4v) is 0.666. The molecule has 0 saturated heterocycles. The molecule has 14 heavy (non-hydrogen) atoms. The molecule has 0 aromatic carbocycles. The minimum Gasteiger partial charge on any atom is -0.368 e. The Hall–Kier alpha value is -1.73. The molecule has 0 aliphatic carbocycles. The lowest BCUT2D eigenvalue weighted by atomic mass is 10.4. The average molecular weight is 209 g/mol. The van der Waals surface area contributed by atoms with E-state index in [1.807, 2.05) is 0 Å². The number of rotatable bonds is 3. The van der Waals surface area contributed by atoms with Gasteiger partial charge in [-0.05, 0) is 0 Å². The van der Waals surface area contributed by atoms with E-state index in [-0.39, 0.29) is 12.4 Å². The molecule has 0 aliphatic rings. The lowest BCUT2D eigenvalue weighted by Gasteiger charge is -1.97. The van der Waals surface area contributed by atoms with Crippen LogP contribution < -0.4 is 11.1 Å². The summed E-state index contributed by atoms with van der Waals surface area (Å²) in [4.78, 5) is 10.3. The lowest BCUT2D eigenvalue weighted by Crippen LogP contribution is -2.21. The number of nitrogens with two attached hydrogens (primary N) is 1. The van der Waals surface area contributed by atoms with Gasteiger partial charge in [0.2, 0.25) is 11.8 Å². The molecule has 0 unspecified atom stereocenters. The minimum absolute atomic E-state index is 0.254. The van der Waals surface area contributed by atoms with Gasteiger partial charge < -0.3 is 15.6 Å². The van der Waals surface area contributed by atoms with Gasteiger partial charge in [-0.15, -0.1) is 0 Å². The Morgan fingerprint density at radius 2 is 2.29 bits per heavy atom. The van der Waals surface area contributed by atoms with E-state index < -0.39 is 17.8 Å². The largest absolute Gasteiger partial charge is 0.436 e. The molecule has 78 valence electrons. The standard InChI is InChI=1S/C6H6F3N3O2/c7-6(8,9)3-1-5(14-12-3)11-2-4(10)13/h1,11H,2H2,(H2,10,13). The average Bonchev–Trinajstić information content (AvgIpc) is 2.47. The van der Waals surface area contributed by atoms with Crippen LogP contribution in [0.2, 0.25) is 0 Å². The normalized spacial score (nSPS) is 11.4. The monoisotopic (exact) mass is 209 g/mol. The number of hydrogen-bond acceptors (Lipinski definition) is 4. The summed E-state index contributed by atoms with van der Waals surface area (Å²) >= 11 is 0. The molecule has 1 rings (SSSR count). The first-order chi connectivity index (χ1) is 6.39. The molecule has 0 aliphatic heterocycles. The van der Waals surface area contributed by atoms with Crippen molar-refractivity contribution in [3.63, 3.8) is 0 Å². The zero-order valence-corrected chi connectivity index (χ0v) is 6.76. The molecule has 0 atom stereocenters. The van der Waals surface area contributed by atoms with E-state index in [1.165, 1.54) is 0 Å². The third-order valence-corrected chi connectivity index (χ3v) is 1.24. The van der Waals surface area contributed by atoms with E-state index in [0.29, 0.717) is 6.07 Å². The maximum Gasteiger partial charge on any atom is 0.436 e. The first kappa shape index (κ1) is 10.4. The van der Waals surface area contributed by atoms with Crippen molar-refractivity contribution in [2.24, 2.45) is 5.73 Å². The van der Waals surface area contributed by atoms with E-state index >= 15 is 0 Å². The van der Waals surface area contributed by atoms with Crippen LogP contribution in [0.1, 0.15) is 5.69 Å².